The molecule has 0 saturated carbocycles. The predicted octanol–water partition coefficient (Wildman–Crippen LogP) is 3.99. The van der Waals surface area contributed by atoms with Crippen molar-refractivity contribution in [2.75, 3.05) is 5.32 Å². The predicted molar refractivity (Wildman–Crippen MR) is 103 cm³/mol. The number of hydrogen-bond donors (Lipinski definition) is 2. The number of hydrogen-bond acceptors (Lipinski definition) is 3. The Bertz CT molecular complexity index is 803. The lowest BCUT2D eigenvalue weighted by molar-refractivity contribution is 0.251. The minimum atomic E-state index is -0.263. The van der Waals surface area contributed by atoms with Crippen LogP contribution in [0.25, 0.3) is 0 Å². The second-order valence-corrected chi connectivity index (χ2v) is 6.33. The third-order valence-electron chi connectivity index (χ3n) is 3.93. The Hall–Kier alpha value is -2.66. The average Bonchev–Trinajstić information content (AvgIpc) is 3.11. The molecule has 0 radical (unpaired) electrons. The fourth-order valence-corrected chi connectivity index (χ4v) is 2.65. The van der Waals surface area contributed by atoms with E-state index in [1.165, 1.54) is 5.56 Å². The van der Waals surface area contributed by atoms with Gasteiger partial charge < -0.3 is 10.6 Å². The van der Waals surface area contributed by atoms with Crippen molar-refractivity contribution in [3.8, 4) is 0 Å². The molecule has 128 valence electrons. The van der Waals surface area contributed by atoms with Gasteiger partial charge in [-0.2, -0.15) is 0 Å². The van der Waals surface area contributed by atoms with Gasteiger partial charge in [0.2, 0.25) is 0 Å². The summed E-state index contributed by atoms with van der Waals surface area (Å²) in [5.74, 6) is 0. The SMILES string of the molecule is Cc1ccc(NC(=O)NCc2ccc(CC3C=NC=N3)cc2)cc1Cl. The van der Waals surface area contributed by atoms with Crippen molar-refractivity contribution in [1.82, 2.24) is 5.32 Å². The first-order valence-electron chi connectivity index (χ1n) is 8.04. The van der Waals surface area contributed by atoms with Crippen molar-refractivity contribution in [1.29, 1.82) is 0 Å². The van der Waals surface area contributed by atoms with Crippen LogP contribution in [0.4, 0.5) is 10.5 Å². The lowest BCUT2D eigenvalue weighted by Crippen LogP contribution is -2.28. The molecule has 2 amide bonds. The van der Waals surface area contributed by atoms with E-state index >= 15 is 0 Å². The number of carbonyl (C=O) groups is 1. The molecule has 0 fully saturated rings. The molecule has 2 N–H and O–H groups in total. The third kappa shape index (κ3) is 4.90. The van der Waals surface area contributed by atoms with E-state index in [1.54, 1.807) is 12.4 Å². The van der Waals surface area contributed by atoms with E-state index in [0.717, 1.165) is 17.5 Å². The lowest BCUT2D eigenvalue weighted by atomic mass is 10.1. The number of aliphatic imine (C=N–C) groups is 2. The summed E-state index contributed by atoms with van der Waals surface area (Å²) in [7, 11) is 0. The number of carbonyl (C=O) groups excluding carboxylic acids is 1. The quantitative estimate of drug-likeness (QED) is 0.837. The van der Waals surface area contributed by atoms with Crippen LogP contribution in [0.5, 0.6) is 0 Å². The Morgan fingerprint density at radius 2 is 1.92 bits per heavy atom. The van der Waals surface area contributed by atoms with Crippen molar-refractivity contribution < 1.29 is 4.79 Å². The fraction of sp³-hybridized carbons (Fsp3) is 0.211. The first-order chi connectivity index (χ1) is 12.1. The van der Waals surface area contributed by atoms with Gasteiger partial charge in [-0.05, 0) is 42.2 Å². The molecule has 0 aromatic heterocycles. The Morgan fingerprint density at radius 1 is 1.16 bits per heavy atom. The third-order valence-corrected chi connectivity index (χ3v) is 4.34. The van der Waals surface area contributed by atoms with Crippen LogP contribution >= 0.6 is 11.6 Å². The molecule has 1 heterocycles. The van der Waals surface area contributed by atoms with Crippen molar-refractivity contribution in [3.05, 3.63) is 64.2 Å². The zero-order valence-electron chi connectivity index (χ0n) is 13.9. The maximum absolute atomic E-state index is 12.0. The molecule has 0 aliphatic carbocycles. The molecule has 1 aliphatic rings. The molecule has 25 heavy (non-hydrogen) atoms. The monoisotopic (exact) mass is 354 g/mol. The molecule has 0 bridgehead atoms. The summed E-state index contributed by atoms with van der Waals surface area (Å²) in [6.45, 7) is 2.37. The average molecular weight is 355 g/mol. The highest BCUT2D eigenvalue weighted by molar-refractivity contribution is 6.31. The van der Waals surface area contributed by atoms with Gasteiger partial charge in [0, 0.05) is 23.5 Å². The van der Waals surface area contributed by atoms with Gasteiger partial charge in [-0.3, -0.25) is 4.99 Å². The molecule has 2 aromatic carbocycles. The summed E-state index contributed by atoms with van der Waals surface area (Å²) < 4.78 is 0. The smallest absolute Gasteiger partial charge is 0.319 e. The van der Waals surface area contributed by atoms with Crippen LogP contribution in [0.15, 0.2) is 52.4 Å². The highest BCUT2D eigenvalue weighted by Gasteiger charge is 2.08. The van der Waals surface area contributed by atoms with E-state index in [0.29, 0.717) is 17.3 Å². The van der Waals surface area contributed by atoms with Crippen LogP contribution in [0.2, 0.25) is 5.02 Å². The zero-order valence-corrected chi connectivity index (χ0v) is 14.6. The zero-order chi connectivity index (χ0) is 17.6. The number of rotatable bonds is 5. The van der Waals surface area contributed by atoms with E-state index in [1.807, 2.05) is 37.4 Å². The second kappa shape index (κ2) is 7.94. The van der Waals surface area contributed by atoms with E-state index in [2.05, 4.69) is 32.8 Å². The van der Waals surface area contributed by atoms with Gasteiger partial charge in [0.1, 0.15) is 6.34 Å². The number of aryl methyl sites for hydroxylation is 1. The molecule has 1 aliphatic heterocycles. The Kier molecular flexibility index (Phi) is 5.46. The molecule has 3 rings (SSSR count). The maximum Gasteiger partial charge on any atom is 0.319 e. The van der Waals surface area contributed by atoms with Crippen LogP contribution in [-0.4, -0.2) is 24.6 Å². The molecule has 5 nitrogen and oxygen atoms in total. The summed E-state index contributed by atoms with van der Waals surface area (Å²) in [6.07, 6.45) is 4.27. The Labute approximate surface area is 151 Å². The summed E-state index contributed by atoms with van der Waals surface area (Å²) in [6, 6.07) is 13.4. The number of nitrogens with one attached hydrogen (secondary N) is 2. The molecule has 0 spiro atoms. The first kappa shape index (κ1) is 17.2. The van der Waals surface area contributed by atoms with Crippen LogP contribution in [0.1, 0.15) is 16.7 Å². The van der Waals surface area contributed by atoms with E-state index < -0.39 is 0 Å². The molecule has 2 aromatic rings. The number of benzene rings is 2. The van der Waals surface area contributed by atoms with Crippen LogP contribution in [0.3, 0.4) is 0 Å². The minimum Gasteiger partial charge on any atom is -0.334 e. The van der Waals surface area contributed by atoms with Crippen LogP contribution in [0, 0.1) is 6.92 Å². The molecule has 1 atom stereocenters. The number of anilines is 1. The van der Waals surface area contributed by atoms with Gasteiger partial charge in [0.25, 0.3) is 0 Å². The minimum absolute atomic E-state index is 0.135. The van der Waals surface area contributed by atoms with Gasteiger partial charge in [-0.15, -0.1) is 0 Å². The summed E-state index contributed by atoms with van der Waals surface area (Å²) in [5.41, 5.74) is 3.87. The van der Waals surface area contributed by atoms with E-state index in [-0.39, 0.29) is 12.1 Å². The number of nitrogens with zero attached hydrogens (tertiary/aromatic N) is 2. The van der Waals surface area contributed by atoms with Gasteiger partial charge >= 0.3 is 6.03 Å². The topological polar surface area (TPSA) is 65.8 Å². The molecule has 0 saturated heterocycles. The van der Waals surface area contributed by atoms with Crippen molar-refractivity contribution in [2.45, 2.75) is 25.9 Å². The van der Waals surface area contributed by atoms with Crippen molar-refractivity contribution >= 4 is 35.9 Å². The summed E-state index contributed by atoms with van der Waals surface area (Å²) >= 11 is 6.06. The van der Waals surface area contributed by atoms with Crippen molar-refractivity contribution in [3.63, 3.8) is 0 Å². The maximum atomic E-state index is 12.0. The van der Waals surface area contributed by atoms with Gasteiger partial charge in [-0.25, -0.2) is 9.79 Å². The highest BCUT2D eigenvalue weighted by Crippen LogP contribution is 2.19. The largest absolute Gasteiger partial charge is 0.334 e. The molecule has 1 unspecified atom stereocenters. The molecular weight excluding hydrogens is 336 g/mol. The standard InChI is InChI=1S/C19H19ClN4O/c1-13-2-7-16(9-18(13)20)24-19(25)22-10-15-5-3-14(4-6-15)8-17-11-21-12-23-17/h2-7,9,11-12,17H,8,10H2,1H3,(H2,22,24,25). The van der Waals surface area contributed by atoms with Gasteiger partial charge in [0.05, 0.1) is 6.04 Å². The summed E-state index contributed by atoms with van der Waals surface area (Å²) in [4.78, 5) is 20.2. The molecule has 6 heteroatoms. The van der Waals surface area contributed by atoms with E-state index in [9.17, 15) is 4.79 Å². The number of amides is 2. The van der Waals surface area contributed by atoms with Crippen molar-refractivity contribution in [2.24, 2.45) is 9.98 Å². The first-order valence-corrected chi connectivity index (χ1v) is 8.42. The highest BCUT2D eigenvalue weighted by atomic mass is 35.5. The van der Waals surface area contributed by atoms with Crippen LogP contribution < -0.4 is 10.6 Å². The van der Waals surface area contributed by atoms with Crippen LogP contribution in [-0.2, 0) is 13.0 Å². The Morgan fingerprint density at radius 3 is 2.60 bits per heavy atom. The normalized spacial score (nSPS) is 15.4. The number of halogens is 1. The fourth-order valence-electron chi connectivity index (χ4n) is 2.47. The summed E-state index contributed by atoms with van der Waals surface area (Å²) in [5, 5.41) is 6.24. The van der Waals surface area contributed by atoms with E-state index in [4.69, 9.17) is 11.6 Å². The lowest BCUT2D eigenvalue weighted by Gasteiger charge is -2.10. The second-order valence-electron chi connectivity index (χ2n) is 5.92. The van der Waals surface area contributed by atoms with Gasteiger partial charge in [0.15, 0.2) is 0 Å². The Balaban J connectivity index is 1.48. The number of urea groups is 1. The molecular formula is C19H19ClN4O. The van der Waals surface area contributed by atoms with Gasteiger partial charge in [-0.1, -0.05) is 41.9 Å².